The number of ether oxygens (including phenoxy) is 1. The molecule has 1 aromatic carbocycles. The van der Waals surface area contributed by atoms with Crippen molar-refractivity contribution < 1.29 is 19.5 Å². The third-order valence-corrected chi connectivity index (χ3v) is 5.07. The van der Waals surface area contributed by atoms with Crippen LogP contribution in [0.4, 0.5) is 0 Å². The maximum Gasteiger partial charge on any atom is 0.259 e. The first-order chi connectivity index (χ1) is 14.5. The van der Waals surface area contributed by atoms with E-state index in [1.807, 2.05) is 26.0 Å². The molecule has 0 radical (unpaired) electrons. The first-order valence-electron chi connectivity index (χ1n) is 10.4. The Labute approximate surface area is 176 Å². The zero-order valence-corrected chi connectivity index (χ0v) is 18.0. The maximum absolute atomic E-state index is 9.58. The van der Waals surface area contributed by atoms with Gasteiger partial charge in [0.05, 0.1) is 12.2 Å². The number of pyridine rings is 1. The molecule has 7 nitrogen and oxygen atoms in total. The van der Waals surface area contributed by atoms with Gasteiger partial charge in [0, 0.05) is 17.5 Å². The average Bonchev–Trinajstić information content (AvgIpc) is 3.27. The van der Waals surface area contributed by atoms with Crippen molar-refractivity contribution in [3.8, 4) is 28.6 Å². The minimum Gasteiger partial charge on any atom is -0.490 e. The number of hydrogen-bond acceptors (Lipinski definition) is 7. The molecule has 3 aromatic rings. The van der Waals surface area contributed by atoms with Gasteiger partial charge < -0.3 is 19.5 Å². The summed E-state index contributed by atoms with van der Waals surface area (Å²) in [7, 11) is 0. The summed E-state index contributed by atoms with van der Waals surface area (Å²) in [5.74, 6) is 1.66. The molecular weight excluding hydrogens is 382 g/mol. The minimum absolute atomic E-state index is 0.0383. The van der Waals surface area contributed by atoms with Gasteiger partial charge in [-0.2, -0.15) is 4.98 Å². The summed E-state index contributed by atoms with van der Waals surface area (Å²) >= 11 is 0. The molecule has 2 heterocycles. The fraction of sp³-hybridized carbons (Fsp3) is 0.435. The van der Waals surface area contributed by atoms with Crippen LogP contribution in [0, 0.1) is 6.92 Å². The van der Waals surface area contributed by atoms with Crippen molar-refractivity contribution in [1.82, 2.24) is 15.1 Å². The van der Waals surface area contributed by atoms with E-state index in [0.29, 0.717) is 17.5 Å². The molecule has 0 aliphatic carbocycles. The highest BCUT2D eigenvalue weighted by molar-refractivity contribution is 5.64. The number of aromatic nitrogens is 3. The van der Waals surface area contributed by atoms with Crippen LogP contribution in [0.5, 0.6) is 5.75 Å². The van der Waals surface area contributed by atoms with Crippen molar-refractivity contribution in [2.45, 2.75) is 53.1 Å². The molecule has 2 N–H and O–H groups in total. The summed E-state index contributed by atoms with van der Waals surface area (Å²) in [5, 5.41) is 22.7. The Morgan fingerprint density at radius 1 is 1.03 bits per heavy atom. The van der Waals surface area contributed by atoms with E-state index in [0.717, 1.165) is 47.2 Å². The number of rotatable bonds is 9. The first-order valence-corrected chi connectivity index (χ1v) is 10.4. The van der Waals surface area contributed by atoms with E-state index >= 15 is 0 Å². The molecule has 0 spiro atoms. The van der Waals surface area contributed by atoms with Gasteiger partial charge in [0.15, 0.2) is 0 Å². The van der Waals surface area contributed by atoms with Crippen LogP contribution in [0.1, 0.15) is 43.2 Å². The third kappa shape index (κ3) is 4.68. The van der Waals surface area contributed by atoms with Crippen molar-refractivity contribution in [3.05, 3.63) is 46.8 Å². The van der Waals surface area contributed by atoms with Crippen LogP contribution in [0.25, 0.3) is 22.8 Å². The molecule has 0 aliphatic rings. The molecular formula is C23H29N3O4. The quantitative estimate of drug-likeness (QED) is 0.555. The Bertz CT molecular complexity index is 1000. The lowest BCUT2D eigenvalue weighted by Crippen LogP contribution is -2.22. The predicted molar refractivity (Wildman–Crippen MR) is 114 cm³/mol. The number of nitrogens with zero attached hydrogens (tertiary/aromatic N) is 3. The Balaban J connectivity index is 1.90. The summed E-state index contributed by atoms with van der Waals surface area (Å²) in [6.45, 7) is 7.87. The van der Waals surface area contributed by atoms with Crippen molar-refractivity contribution >= 4 is 0 Å². The average molecular weight is 412 g/mol. The van der Waals surface area contributed by atoms with Crippen LogP contribution in [-0.2, 0) is 19.3 Å². The highest BCUT2D eigenvalue weighted by atomic mass is 16.5. The van der Waals surface area contributed by atoms with E-state index in [9.17, 15) is 5.11 Å². The molecule has 1 unspecified atom stereocenters. The van der Waals surface area contributed by atoms with Crippen LogP contribution in [0.3, 0.4) is 0 Å². The van der Waals surface area contributed by atoms with Crippen LogP contribution in [0.2, 0.25) is 0 Å². The molecule has 1 atom stereocenters. The minimum atomic E-state index is -0.908. The van der Waals surface area contributed by atoms with Crippen LogP contribution in [0.15, 0.2) is 28.9 Å². The molecule has 30 heavy (non-hydrogen) atoms. The molecule has 0 aliphatic heterocycles. The molecule has 0 saturated heterocycles. The molecule has 2 aromatic heterocycles. The topological polar surface area (TPSA) is 102 Å². The lowest BCUT2D eigenvalue weighted by Gasteiger charge is -2.16. The molecule has 0 saturated carbocycles. The fourth-order valence-electron chi connectivity index (χ4n) is 3.42. The van der Waals surface area contributed by atoms with Crippen LogP contribution < -0.4 is 4.74 Å². The Morgan fingerprint density at radius 3 is 2.43 bits per heavy atom. The van der Waals surface area contributed by atoms with Crippen LogP contribution >= 0.6 is 0 Å². The monoisotopic (exact) mass is 411 g/mol. The van der Waals surface area contributed by atoms with E-state index in [1.165, 1.54) is 5.56 Å². The summed E-state index contributed by atoms with van der Waals surface area (Å²) < 4.78 is 11.3. The molecule has 0 fully saturated rings. The van der Waals surface area contributed by atoms with Gasteiger partial charge in [-0.15, -0.1) is 0 Å². The zero-order chi connectivity index (χ0) is 21.7. The van der Waals surface area contributed by atoms with Gasteiger partial charge in [0.25, 0.3) is 5.89 Å². The van der Waals surface area contributed by atoms with Crippen molar-refractivity contribution in [1.29, 1.82) is 0 Å². The van der Waals surface area contributed by atoms with Gasteiger partial charge >= 0.3 is 0 Å². The second kappa shape index (κ2) is 9.82. The number of aliphatic hydroxyl groups excluding tert-OH is 2. The SMILES string of the molecule is CCc1cc(-c2nc(-c3cc(C)c(OCC(O)CO)c(CC)c3)no2)cnc1CC. The number of benzene rings is 1. The first kappa shape index (κ1) is 21.9. The fourth-order valence-corrected chi connectivity index (χ4v) is 3.42. The Hall–Kier alpha value is -2.77. The number of aryl methyl sites for hydroxylation is 4. The van der Waals surface area contributed by atoms with E-state index in [-0.39, 0.29) is 13.2 Å². The highest BCUT2D eigenvalue weighted by Gasteiger charge is 2.16. The Morgan fingerprint density at radius 2 is 1.77 bits per heavy atom. The zero-order valence-electron chi connectivity index (χ0n) is 18.0. The maximum atomic E-state index is 9.58. The number of hydrogen-bond donors (Lipinski definition) is 2. The van der Waals surface area contributed by atoms with Gasteiger partial charge in [-0.3, -0.25) is 4.98 Å². The molecule has 3 rings (SSSR count). The van der Waals surface area contributed by atoms with E-state index < -0.39 is 6.10 Å². The second-order valence-electron chi connectivity index (χ2n) is 7.24. The summed E-state index contributed by atoms with van der Waals surface area (Å²) in [4.78, 5) is 9.12. The van der Waals surface area contributed by atoms with Crippen LogP contribution in [-0.4, -0.2) is 44.7 Å². The highest BCUT2D eigenvalue weighted by Crippen LogP contribution is 2.31. The van der Waals surface area contributed by atoms with Crippen molar-refractivity contribution in [2.75, 3.05) is 13.2 Å². The van der Waals surface area contributed by atoms with Gasteiger partial charge in [0.1, 0.15) is 18.5 Å². The smallest absolute Gasteiger partial charge is 0.259 e. The molecule has 0 amide bonds. The largest absolute Gasteiger partial charge is 0.490 e. The van der Waals surface area contributed by atoms with E-state index in [1.54, 1.807) is 6.20 Å². The van der Waals surface area contributed by atoms with Crippen molar-refractivity contribution in [3.63, 3.8) is 0 Å². The number of aliphatic hydroxyl groups is 2. The summed E-state index contributed by atoms with van der Waals surface area (Å²) in [6.07, 6.45) is 3.40. The van der Waals surface area contributed by atoms with E-state index in [2.05, 4.69) is 35.0 Å². The van der Waals surface area contributed by atoms with Gasteiger partial charge in [-0.25, -0.2) is 0 Å². The molecule has 0 bridgehead atoms. The van der Waals surface area contributed by atoms with Gasteiger partial charge in [-0.05, 0) is 61.1 Å². The summed E-state index contributed by atoms with van der Waals surface area (Å²) in [5.41, 5.74) is 5.81. The van der Waals surface area contributed by atoms with Gasteiger partial charge in [0.2, 0.25) is 5.82 Å². The lowest BCUT2D eigenvalue weighted by atomic mass is 10.0. The summed E-state index contributed by atoms with van der Waals surface area (Å²) in [6, 6.07) is 5.97. The van der Waals surface area contributed by atoms with Crippen molar-refractivity contribution in [2.24, 2.45) is 0 Å². The Kier molecular flexibility index (Phi) is 7.18. The van der Waals surface area contributed by atoms with Gasteiger partial charge in [-0.1, -0.05) is 25.9 Å². The van der Waals surface area contributed by atoms with E-state index in [4.69, 9.17) is 14.4 Å². The standard InChI is InChI=1S/C23H29N3O4/c1-5-15-9-18(11-24-20(15)7-3)23-25-22(26-30-23)17-8-14(4)21(16(6-2)10-17)29-13-19(28)12-27/h8-11,19,27-28H,5-7,12-13H2,1-4H3. The molecule has 7 heteroatoms. The second-order valence-corrected chi connectivity index (χ2v) is 7.24. The normalized spacial score (nSPS) is 12.2. The lowest BCUT2D eigenvalue weighted by molar-refractivity contribution is 0.0531. The predicted octanol–water partition coefficient (Wildman–Crippen LogP) is 3.53. The third-order valence-electron chi connectivity index (χ3n) is 5.07. The molecule has 160 valence electrons.